The number of carbonyl (C=O) groups is 1. The highest BCUT2D eigenvalue weighted by Gasteiger charge is 2.41. The smallest absolute Gasteiger partial charge is 0.411 e. The van der Waals surface area contributed by atoms with Gasteiger partial charge in [0, 0.05) is 13.0 Å². The highest BCUT2D eigenvalue weighted by molar-refractivity contribution is 5.61. The molecule has 0 aromatic rings. The van der Waals surface area contributed by atoms with Crippen molar-refractivity contribution in [1.29, 1.82) is 0 Å². The van der Waals surface area contributed by atoms with Crippen molar-refractivity contribution in [2.24, 2.45) is 0 Å². The van der Waals surface area contributed by atoms with Crippen LogP contribution in [0.4, 0.5) is 4.79 Å². The van der Waals surface area contributed by atoms with Gasteiger partial charge in [0.2, 0.25) is 0 Å². The summed E-state index contributed by atoms with van der Waals surface area (Å²) in [6, 6.07) is 0. The van der Waals surface area contributed by atoms with Gasteiger partial charge in [-0.25, -0.2) is 4.79 Å². The number of hydrogen-bond donors (Lipinski definition) is 0. The van der Waals surface area contributed by atoms with Crippen molar-refractivity contribution in [1.82, 2.24) is 5.06 Å². The highest BCUT2D eigenvalue weighted by Crippen LogP contribution is 2.25. The van der Waals surface area contributed by atoms with Crippen LogP contribution in [0.1, 0.15) is 6.42 Å². The van der Waals surface area contributed by atoms with Gasteiger partial charge in [-0.2, -0.15) is 0 Å². The first-order valence-electron chi connectivity index (χ1n) is 2.51. The monoisotopic (exact) mass is 115 g/mol. The lowest BCUT2D eigenvalue weighted by atomic mass is 10.2. The van der Waals surface area contributed by atoms with Crippen LogP contribution in [0.15, 0.2) is 0 Å². The first-order chi connectivity index (χ1) is 3.86. The van der Waals surface area contributed by atoms with E-state index in [-0.39, 0.29) is 6.23 Å². The van der Waals surface area contributed by atoms with Gasteiger partial charge >= 0.3 is 6.16 Å². The van der Waals surface area contributed by atoms with Gasteiger partial charge in [-0.3, -0.25) is 0 Å². The second-order valence-electron chi connectivity index (χ2n) is 1.84. The average Bonchev–Trinajstić information content (AvgIpc) is 1.91. The summed E-state index contributed by atoms with van der Waals surface area (Å²) < 4.78 is 4.62. The van der Waals surface area contributed by atoms with Crippen LogP contribution in [0.5, 0.6) is 0 Å². The van der Waals surface area contributed by atoms with Crippen molar-refractivity contribution in [2.75, 3.05) is 6.54 Å². The third-order valence-electron chi connectivity index (χ3n) is 1.34. The first kappa shape index (κ1) is 4.14. The van der Waals surface area contributed by atoms with Gasteiger partial charge in [0.15, 0.2) is 6.23 Å². The predicted molar refractivity (Wildman–Crippen MR) is 22.7 cm³/mol. The van der Waals surface area contributed by atoms with E-state index in [1.165, 1.54) is 5.06 Å². The van der Waals surface area contributed by atoms with E-state index in [0.29, 0.717) is 0 Å². The van der Waals surface area contributed by atoms with E-state index in [9.17, 15) is 4.79 Å². The van der Waals surface area contributed by atoms with E-state index >= 15 is 0 Å². The molecule has 44 valence electrons. The maximum atomic E-state index is 10.2. The fourth-order valence-corrected chi connectivity index (χ4v) is 0.790. The Morgan fingerprint density at radius 1 is 1.75 bits per heavy atom. The number of hydrogen-bond acceptors (Lipinski definition) is 4. The number of ether oxygens (including phenoxy) is 1. The molecule has 2 fully saturated rings. The molecule has 0 aliphatic carbocycles. The topological polar surface area (TPSA) is 38.8 Å². The van der Waals surface area contributed by atoms with E-state index in [0.717, 1.165) is 13.0 Å². The van der Waals surface area contributed by atoms with Crippen LogP contribution in [0.2, 0.25) is 0 Å². The third-order valence-corrected chi connectivity index (χ3v) is 1.34. The molecule has 4 heteroatoms. The second-order valence-corrected chi connectivity index (χ2v) is 1.84. The zero-order valence-electron chi connectivity index (χ0n) is 4.16. The van der Waals surface area contributed by atoms with Gasteiger partial charge in [-0.05, 0) is 0 Å². The van der Waals surface area contributed by atoms with Crippen LogP contribution >= 0.6 is 0 Å². The van der Waals surface area contributed by atoms with Gasteiger partial charge in [-0.1, -0.05) is 5.06 Å². The van der Waals surface area contributed by atoms with E-state index in [1.807, 2.05) is 0 Å². The van der Waals surface area contributed by atoms with Crippen LogP contribution in [0.25, 0.3) is 0 Å². The minimum absolute atomic E-state index is 0.0671. The Morgan fingerprint density at radius 3 is 2.88 bits per heavy atom. The molecule has 8 heavy (non-hydrogen) atoms. The van der Waals surface area contributed by atoms with E-state index in [4.69, 9.17) is 0 Å². The summed E-state index contributed by atoms with van der Waals surface area (Å²) in [5, 5.41) is 1.53. The van der Waals surface area contributed by atoms with E-state index in [2.05, 4.69) is 9.57 Å². The van der Waals surface area contributed by atoms with E-state index in [1.54, 1.807) is 0 Å². The summed E-state index contributed by atoms with van der Waals surface area (Å²) in [6.07, 6.45) is 0.279. The summed E-state index contributed by atoms with van der Waals surface area (Å²) in [7, 11) is 0. The fraction of sp³-hybridized carbons (Fsp3) is 0.750. The first-order valence-corrected chi connectivity index (χ1v) is 2.51. The normalized spacial score (nSPS) is 35.0. The third kappa shape index (κ3) is 0.355. The lowest BCUT2D eigenvalue weighted by Gasteiger charge is -2.26. The van der Waals surface area contributed by atoms with Crippen molar-refractivity contribution >= 4 is 6.16 Å². The largest absolute Gasteiger partial charge is 0.529 e. The molecule has 4 nitrogen and oxygen atoms in total. The zero-order chi connectivity index (χ0) is 5.56. The number of carbonyl (C=O) groups excluding carboxylic acids is 1. The summed E-state index contributed by atoms with van der Waals surface area (Å²) in [4.78, 5) is 14.8. The Hall–Kier alpha value is -0.770. The quantitative estimate of drug-likeness (QED) is 0.420. The summed E-state index contributed by atoms with van der Waals surface area (Å²) in [5.74, 6) is 0. The number of nitrogens with zero attached hydrogens (tertiary/aromatic N) is 1. The lowest BCUT2D eigenvalue weighted by Crippen LogP contribution is -2.42. The molecule has 2 aliphatic heterocycles. The van der Waals surface area contributed by atoms with Crippen molar-refractivity contribution in [3.05, 3.63) is 0 Å². The Morgan fingerprint density at radius 2 is 2.62 bits per heavy atom. The molecule has 0 N–H and O–H groups in total. The summed E-state index contributed by atoms with van der Waals surface area (Å²) in [6.45, 7) is 0.816. The molecule has 1 unspecified atom stereocenters. The van der Waals surface area contributed by atoms with E-state index < -0.39 is 6.16 Å². The molecule has 2 rings (SSSR count). The highest BCUT2D eigenvalue weighted by atomic mass is 16.9. The van der Waals surface area contributed by atoms with Crippen LogP contribution < -0.4 is 0 Å². The second kappa shape index (κ2) is 1.14. The molecule has 2 saturated heterocycles. The zero-order valence-corrected chi connectivity index (χ0v) is 4.16. The molecule has 0 bridgehead atoms. The SMILES string of the molecule is O=C1OC2CCN2O1. The molecule has 0 aromatic heterocycles. The molecule has 0 amide bonds. The van der Waals surface area contributed by atoms with Gasteiger partial charge in [0.05, 0.1) is 0 Å². The number of fused-ring (bicyclic) bond motifs is 1. The van der Waals surface area contributed by atoms with Crippen LogP contribution in [-0.2, 0) is 9.57 Å². The van der Waals surface area contributed by atoms with Crippen molar-refractivity contribution in [3.8, 4) is 0 Å². The summed E-state index contributed by atoms with van der Waals surface area (Å²) >= 11 is 0. The lowest BCUT2D eigenvalue weighted by molar-refractivity contribution is -0.166. The minimum atomic E-state index is -0.562. The molecular formula is C4H5NO3. The average molecular weight is 115 g/mol. The summed E-state index contributed by atoms with van der Waals surface area (Å²) in [5.41, 5.74) is 0. The maximum Gasteiger partial charge on any atom is 0.529 e. The Kier molecular flexibility index (Phi) is 0.590. The van der Waals surface area contributed by atoms with Crippen molar-refractivity contribution < 1.29 is 14.4 Å². The van der Waals surface area contributed by atoms with Crippen molar-refractivity contribution in [3.63, 3.8) is 0 Å². The predicted octanol–water partition coefficient (Wildman–Crippen LogP) is 0.100. The molecule has 0 saturated carbocycles. The number of hydroxylamine groups is 2. The minimum Gasteiger partial charge on any atom is -0.411 e. The molecule has 1 atom stereocenters. The Balaban J connectivity index is 2.10. The van der Waals surface area contributed by atoms with Gasteiger partial charge in [-0.15, -0.1) is 0 Å². The maximum absolute atomic E-state index is 10.2. The molecule has 2 aliphatic rings. The molecular weight excluding hydrogens is 110 g/mol. The molecule has 2 heterocycles. The molecule has 0 spiro atoms. The standard InChI is InChI=1S/C4H5NO3/c6-4-7-3-1-2-5(3)8-4/h3H,1-2H2. The fourth-order valence-electron chi connectivity index (χ4n) is 0.790. The Labute approximate surface area is 45.9 Å². The molecule has 0 radical (unpaired) electrons. The Bertz CT molecular complexity index is 121. The van der Waals surface area contributed by atoms with Gasteiger partial charge < -0.3 is 9.57 Å². The number of rotatable bonds is 0. The van der Waals surface area contributed by atoms with Crippen molar-refractivity contribution in [2.45, 2.75) is 12.6 Å². The van der Waals surface area contributed by atoms with Gasteiger partial charge in [0.25, 0.3) is 0 Å². The van der Waals surface area contributed by atoms with Crippen LogP contribution in [0.3, 0.4) is 0 Å². The van der Waals surface area contributed by atoms with Crippen LogP contribution in [0, 0.1) is 0 Å². The molecule has 0 aromatic carbocycles. The van der Waals surface area contributed by atoms with Gasteiger partial charge in [0.1, 0.15) is 0 Å². The van der Waals surface area contributed by atoms with Crippen LogP contribution in [-0.4, -0.2) is 24.0 Å².